The van der Waals surface area contributed by atoms with Gasteiger partial charge >= 0.3 is 11.9 Å². The van der Waals surface area contributed by atoms with Crippen LogP contribution < -0.4 is 0 Å². The highest BCUT2D eigenvalue weighted by Crippen LogP contribution is 2.26. The minimum absolute atomic E-state index is 0.0973. The Morgan fingerprint density at radius 3 is 1.36 bits per heavy atom. The molecule has 0 aliphatic carbocycles. The third-order valence-corrected chi connectivity index (χ3v) is 10.6. The highest BCUT2D eigenvalue weighted by molar-refractivity contribution is 5.70. The smallest absolute Gasteiger partial charge is 0.306 e. The van der Waals surface area contributed by atoms with Crippen LogP contribution in [-0.4, -0.2) is 142 Å². The van der Waals surface area contributed by atoms with Gasteiger partial charge in [-0.05, 0) is 89.9 Å². The average molecular weight is 933 g/mol. The SMILES string of the molecule is CC/C=C\C/C=C\C/C=C\C/C=C\CCCCC(=O)OC[C@H](CO[C@@H]1O[C@H](CO[C@H]2O[C@H](CO)[C@H](O)C(O)C2O)[C@H](O)C(O)C1O)OC(=O)CCCC/C=C\C/C=C\C/C=C\C/C=C\CC. The van der Waals surface area contributed by atoms with E-state index in [2.05, 4.69) is 111 Å². The maximum Gasteiger partial charge on any atom is 0.306 e. The number of ether oxygens (including phenoxy) is 6. The van der Waals surface area contributed by atoms with E-state index in [1.54, 1.807) is 0 Å². The Hall–Kier alpha value is -3.58. The number of aliphatic hydroxyl groups is 7. The molecule has 15 nitrogen and oxygen atoms in total. The van der Waals surface area contributed by atoms with Gasteiger partial charge < -0.3 is 64.2 Å². The lowest BCUT2D eigenvalue weighted by atomic mass is 9.98. The van der Waals surface area contributed by atoms with Gasteiger partial charge in [-0.15, -0.1) is 0 Å². The Kier molecular flexibility index (Phi) is 33.2. The molecular formula is C51H80O15. The molecule has 374 valence electrons. The molecule has 0 saturated carbocycles. The fourth-order valence-corrected chi connectivity index (χ4v) is 6.67. The van der Waals surface area contributed by atoms with Crippen molar-refractivity contribution in [3.8, 4) is 0 Å². The van der Waals surface area contributed by atoms with Crippen molar-refractivity contribution in [2.45, 2.75) is 184 Å². The molecule has 7 N–H and O–H groups in total. The molecule has 0 aromatic rings. The zero-order valence-electron chi connectivity index (χ0n) is 39.1. The summed E-state index contributed by atoms with van der Waals surface area (Å²) in [7, 11) is 0. The van der Waals surface area contributed by atoms with Crippen molar-refractivity contribution in [3.63, 3.8) is 0 Å². The number of esters is 2. The van der Waals surface area contributed by atoms with E-state index in [4.69, 9.17) is 28.4 Å². The molecule has 2 rings (SSSR count). The molecule has 0 bridgehead atoms. The van der Waals surface area contributed by atoms with Crippen molar-refractivity contribution in [2.24, 2.45) is 0 Å². The maximum absolute atomic E-state index is 13.0. The minimum Gasteiger partial charge on any atom is -0.462 e. The van der Waals surface area contributed by atoms with Gasteiger partial charge in [0.25, 0.3) is 0 Å². The number of hydrogen-bond acceptors (Lipinski definition) is 15. The first-order valence-electron chi connectivity index (χ1n) is 23.8. The number of allylic oxidation sites excluding steroid dienone is 16. The molecule has 0 amide bonds. The largest absolute Gasteiger partial charge is 0.462 e. The van der Waals surface area contributed by atoms with Gasteiger partial charge in [0, 0.05) is 12.8 Å². The van der Waals surface area contributed by atoms with Crippen molar-refractivity contribution in [3.05, 3.63) is 97.2 Å². The molecule has 2 aliphatic rings. The van der Waals surface area contributed by atoms with E-state index in [0.717, 1.165) is 77.0 Å². The van der Waals surface area contributed by atoms with E-state index >= 15 is 0 Å². The lowest BCUT2D eigenvalue weighted by Crippen LogP contribution is -2.61. The second-order valence-electron chi connectivity index (χ2n) is 16.2. The molecule has 66 heavy (non-hydrogen) atoms. The van der Waals surface area contributed by atoms with Crippen LogP contribution in [0.25, 0.3) is 0 Å². The lowest BCUT2D eigenvalue weighted by molar-refractivity contribution is -0.332. The van der Waals surface area contributed by atoms with E-state index in [-0.39, 0.29) is 19.4 Å². The van der Waals surface area contributed by atoms with E-state index in [1.807, 2.05) is 0 Å². The molecule has 2 heterocycles. The molecule has 2 aliphatic heterocycles. The predicted molar refractivity (Wildman–Crippen MR) is 252 cm³/mol. The first-order valence-corrected chi connectivity index (χ1v) is 23.8. The monoisotopic (exact) mass is 933 g/mol. The van der Waals surface area contributed by atoms with Crippen molar-refractivity contribution in [1.82, 2.24) is 0 Å². The summed E-state index contributed by atoms with van der Waals surface area (Å²) in [6.45, 7) is 2.23. The van der Waals surface area contributed by atoms with E-state index in [1.165, 1.54) is 0 Å². The lowest BCUT2D eigenvalue weighted by Gasteiger charge is -2.42. The molecule has 0 spiro atoms. The quantitative estimate of drug-likeness (QED) is 0.0229. The van der Waals surface area contributed by atoms with Gasteiger partial charge in [-0.1, -0.05) is 111 Å². The summed E-state index contributed by atoms with van der Waals surface area (Å²) in [6, 6.07) is 0. The van der Waals surface area contributed by atoms with Crippen LogP contribution in [0.4, 0.5) is 0 Å². The summed E-state index contributed by atoms with van der Waals surface area (Å²) in [6.07, 6.45) is 28.8. The first kappa shape index (κ1) is 58.5. The predicted octanol–water partition coefficient (Wildman–Crippen LogP) is 5.81. The molecule has 0 aromatic carbocycles. The van der Waals surface area contributed by atoms with Crippen LogP contribution >= 0.6 is 0 Å². The number of carbonyl (C=O) groups is 2. The molecule has 0 aromatic heterocycles. The van der Waals surface area contributed by atoms with E-state index in [9.17, 15) is 45.3 Å². The van der Waals surface area contributed by atoms with Gasteiger partial charge in [-0.2, -0.15) is 0 Å². The minimum atomic E-state index is -1.78. The number of rotatable bonds is 34. The summed E-state index contributed by atoms with van der Waals surface area (Å²) in [5, 5.41) is 72.0. The van der Waals surface area contributed by atoms with E-state index in [0.29, 0.717) is 12.8 Å². The van der Waals surface area contributed by atoms with Crippen LogP contribution in [-0.2, 0) is 38.0 Å². The van der Waals surface area contributed by atoms with Gasteiger partial charge in [0.1, 0.15) is 55.4 Å². The Balaban J connectivity index is 1.88. The number of carbonyl (C=O) groups excluding carboxylic acids is 2. The fraction of sp³-hybridized carbons (Fsp3) is 0.647. The Morgan fingerprint density at radius 1 is 0.485 bits per heavy atom. The van der Waals surface area contributed by atoms with Gasteiger partial charge in [-0.25, -0.2) is 0 Å². The number of hydrogen-bond donors (Lipinski definition) is 7. The maximum atomic E-state index is 13.0. The Bertz CT molecular complexity index is 1520. The van der Waals surface area contributed by atoms with Crippen LogP contribution in [0.15, 0.2) is 97.2 Å². The van der Waals surface area contributed by atoms with Crippen molar-refractivity contribution >= 4 is 11.9 Å². The zero-order chi connectivity index (χ0) is 48.2. The Labute approximate surface area is 392 Å². The van der Waals surface area contributed by atoms with Crippen molar-refractivity contribution < 1.29 is 73.8 Å². The van der Waals surface area contributed by atoms with Crippen LogP contribution in [0, 0.1) is 0 Å². The molecule has 15 heteroatoms. The molecule has 4 unspecified atom stereocenters. The second kappa shape index (κ2) is 37.4. The fourth-order valence-electron chi connectivity index (χ4n) is 6.67. The normalized spacial score (nSPS) is 27.0. The summed E-state index contributed by atoms with van der Waals surface area (Å²) in [5.74, 6) is -1.04. The van der Waals surface area contributed by atoms with Crippen LogP contribution in [0.5, 0.6) is 0 Å². The summed E-state index contributed by atoms with van der Waals surface area (Å²) in [5.41, 5.74) is 0. The van der Waals surface area contributed by atoms with E-state index < -0.39 is 99.3 Å². The molecule has 0 radical (unpaired) electrons. The average Bonchev–Trinajstić information content (AvgIpc) is 3.31. The van der Waals surface area contributed by atoms with Crippen LogP contribution in [0.2, 0.25) is 0 Å². The Morgan fingerprint density at radius 2 is 0.894 bits per heavy atom. The van der Waals surface area contributed by atoms with Gasteiger partial charge in [0.05, 0.1) is 19.8 Å². The summed E-state index contributed by atoms with van der Waals surface area (Å²) >= 11 is 0. The molecule has 2 saturated heterocycles. The molecule has 2 fully saturated rings. The highest BCUT2D eigenvalue weighted by atomic mass is 16.7. The van der Waals surface area contributed by atoms with Crippen LogP contribution in [0.1, 0.15) is 117 Å². The van der Waals surface area contributed by atoms with Gasteiger partial charge in [0.15, 0.2) is 18.7 Å². The third-order valence-electron chi connectivity index (χ3n) is 10.6. The number of unbranched alkanes of at least 4 members (excludes halogenated alkanes) is 4. The zero-order valence-corrected chi connectivity index (χ0v) is 39.1. The second-order valence-corrected chi connectivity index (χ2v) is 16.2. The standard InChI is InChI=1S/C51H80O15/c1-3-5-7-9-11-13-15-17-19-21-23-25-27-29-31-33-42(53)61-36-39(64-43(54)34-32-30-28-26-24-22-20-18-16-14-12-10-8-6-4-2)37-62-50-49(60)47(58)45(56)41(66-50)38-63-51-48(59)46(57)44(55)40(35-52)65-51/h5-8,11-14,17-20,23-26,39-41,44-52,55-60H,3-4,9-10,15-16,21-22,27-38H2,1-2H3/b7-5-,8-6-,13-11-,14-12-,19-17-,20-18-,25-23-,26-24-/t39-,40-,41-,44+,45+,46?,47?,48?,49?,50-,51+/m1/s1. The van der Waals surface area contributed by atoms with Gasteiger partial charge in [0.2, 0.25) is 0 Å². The first-order chi connectivity index (χ1) is 32.0. The van der Waals surface area contributed by atoms with Crippen LogP contribution in [0.3, 0.4) is 0 Å². The van der Waals surface area contributed by atoms with Crippen molar-refractivity contribution in [1.29, 1.82) is 0 Å². The van der Waals surface area contributed by atoms with Crippen molar-refractivity contribution in [2.75, 3.05) is 26.4 Å². The third kappa shape index (κ3) is 25.5. The summed E-state index contributed by atoms with van der Waals surface area (Å²) < 4.78 is 33.4. The van der Waals surface area contributed by atoms with Gasteiger partial charge in [-0.3, -0.25) is 9.59 Å². The molecular weight excluding hydrogens is 853 g/mol. The number of aliphatic hydroxyl groups excluding tert-OH is 7. The molecule has 11 atom stereocenters. The summed E-state index contributed by atoms with van der Waals surface area (Å²) in [4.78, 5) is 25.7. The highest BCUT2D eigenvalue weighted by Gasteiger charge is 2.47. The topological polar surface area (TPSA) is 231 Å².